The van der Waals surface area contributed by atoms with Gasteiger partial charge in [-0.3, -0.25) is 0 Å². The molecule has 0 fully saturated rings. The van der Waals surface area contributed by atoms with E-state index in [0.717, 1.165) is 44.8 Å². The van der Waals surface area contributed by atoms with Gasteiger partial charge in [-0.2, -0.15) is 0 Å². The molecule has 0 amide bonds. The topological polar surface area (TPSA) is 94.7 Å². The van der Waals surface area contributed by atoms with E-state index in [1.54, 1.807) is 30.3 Å². The van der Waals surface area contributed by atoms with Crippen molar-refractivity contribution in [3.63, 3.8) is 0 Å². The smallest absolute Gasteiger partial charge is 0.335 e. The second-order valence-corrected chi connectivity index (χ2v) is 7.58. The van der Waals surface area contributed by atoms with Crippen LogP contribution in [-0.4, -0.2) is 31.0 Å². The second-order valence-electron chi connectivity index (χ2n) is 7.58. The van der Waals surface area contributed by atoms with Crippen molar-refractivity contribution in [2.75, 3.05) is 0 Å². The maximum absolute atomic E-state index is 10.2. The number of nitrogens with one attached hydrogen (secondary N) is 2. The van der Waals surface area contributed by atoms with Crippen LogP contribution in [-0.2, 0) is 17.1 Å². The average Bonchev–Trinajstić information content (AvgIpc) is 3.61. The molecule has 2 aliphatic heterocycles. The van der Waals surface area contributed by atoms with E-state index in [1.165, 1.54) is 0 Å². The molecule has 0 unspecified atom stereocenters. The summed E-state index contributed by atoms with van der Waals surface area (Å²) < 4.78 is 0. The van der Waals surface area contributed by atoms with Gasteiger partial charge >= 0.3 is 5.97 Å². The largest absolute Gasteiger partial charge is 0.478 e. The summed E-state index contributed by atoms with van der Waals surface area (Å²) in [6.45, 7) is 0. The number of rotatable bonds is 1. The fourth-order valence-electron chi connectivity index (χ4n) is 3.52. The molecule has 0 spiro atoms. The van der Waals surface area contributed by atoms with Crippen LogP contribution in [0.4, 0.5) is 0 Å². The molecule has 2 aliphatic rings. The maximum atomic E-state index is 10.2. The summed E-state index contributed by atoms with van der Waals surface area (Å²) in [5.74, 6) is -0.879. The number of carbonyl (C=O) groups is 1. The van der Waals surface area contributed by atoms with Gasteiger partial charge in [0.1, 0.15) is 0 Å². The molecule has 167 valence electrons. The van der Waals surface area contributed by atoms with E-state index in [4.69, 9.17) is 5.11 Å². The van der Waals surface area contributed by atoms with Gasteiger partial charge in [0.05, 0.1) is 28.3 Å². The Kier molecular flexibility index (Phi) is 6.87. The Morgan fingerprint density at radius 1 is 0.588 bits per heavy atom. The zero-order chi connectivity index (χ0) is 22.6. The monoisotopic (exact) mass is 487 g/mol. The minimum atomic E-state index is -0.879. The fraction of sp³-hybridized carbons (Fsp3) is 0. The molecule has 0 saturated carbocycles. The number of hydrogen-bond donors (Lipinski definition) is 3. The van der Waals surface area contributed by atoms with E-state index in [0.29, 0.717) is 5.56 Å². The number of carboxylic acid groups (broad SMARTS) is 1. The van der Waals surface area contributed by atoms with Crippen molar-refractivity contribution in [2.24, 2.45) is 0 Å². The Balaban J connectivity index is 0.000000234. The van der Waals surface area contributed by atoms with Crippen LogP contribution in [0, 0.1) is 0 Å². The first kappa shape index (κ1) is 23.0. The van der Waals surface area contributed by atoms with Gasteiger partial charge in [0, 0.05) is 39.1 Å². The predicted octanol–water partition coefficient (Wildman–Crippen LogP) is 6.04. The van der Waals surface area contributed by atoms with Crippen LogP contribution in [0.3, 0.4) is 0 Å². The first-order valence-corrected chi connectivity index (χ1v) is 10.4. The van der Waals surface area contributed by atoms with E-state index in [1.807, 2.05) is 48.6 Å². The summed E-state index contributed by atoms with van der Waals surface area (Å²) in [5.41, 5.74) is 8.19. The molecule has 3 aromatic heterocycles. The molecular formula is C27H20MnN4O2. The number of fused-ring (bicyclic) bond motifs is 8. The third-order valence-corrected chi connectivity index (χ3v) is 5.06. The van der Waals surface area contributed by atoms with Crippen molar-refractivity contribution in [3.8, 4) is 0 Å². The first-order chi connectivity index (χ1) is 16.1. The Morgan fingerprint density at radius 3 is 1.24 bits per heavy atom. The van der Waals surface area contributed by atoms with Gasteiger partial charge in [0.25, 0.3) is 0 Å². The number of nitrogens with zero attached hydrogens (tertiary/aromatic N) is 2. The van der Waals surface area contributed by atoms with E-state index in [2.05, 4.69) is 44.2 Å². The number of H-pyrrole nitrogens is 2. The SMILES string of the molecule is C1=Cc2cc3ccc(cc4nc(cc5ccc(cc1n2)[nH]5)C=C4)[nH]3.O=C(O)c1ccccc1.[Mn]. The quantitative estimate of drug-likeness (QED) is 0.247. The van der Waals surface area contributed by atoms with Crippen LogP contribution in [0.5, 0.6) is 0 Å². The molecule has 6 rings (SSSR count). The number of carboxylic acids is 1. The average molecular weight is 487 g/mol. The molecule has 1 aromatic carbocycles. The van der Waals surface area contributed by atoms with E-state index < -0.39 is 5.97 Å². The number of benzene rings is 1. The van der Waals surface area contributed by atoms with Crippen LogP contribution in [0.2, 0.25) is 0 Å². The molecule has 6 nitrogen and oxygen atoms in total. The van der Waals surface area contributed by atoms with Crippen molar-refractivity contribution in [3.05, 3.63) is 107 Å². The Hall–Kier alpha value is -4.19. The molecule has 3 N–H and O–H groups in total. The zero-order valence-electron chi connectivity index (χ0n) is 17.9. The maximum Gasteiger partial charge on any atom is 0.335 e. The number of aromatic carboxylic acids is 1. The van der Waals surface area contributed by atoms with Crippen LogP contribution >= 0.6 is 0 Å². The molecule has 1 radical (unpaired) electrons. The summed E-state index contributed by atoms with van der Waals surface area (Å²) >= 11 is 0. The summed E-state index contributed by atoms with van der Waals surface area (Å²) in [6.07, 6.45) is 8.09. The fourth-order valence-corrected chi connectivity index (χ4v) is 3.52. The van der Waals surface area contributed by atoms with Gasteiger partial charge < -0.3 is 15.1 Å². The molecule has 8 bridgehead atoms. The number of hydrogen-bond acceptors (Lipinski definition) is 3. The second kappa shape index (κ2) is 10.2. The molecule has 0 saturated heterocycles. The Morgan fingerprint density at radius 2 is 0.941 bits per heavy atom. The Bertz CT molecular complexity index is 1370. The van der Waals surface area contributed by atoms with Crippen molar-refractivity contribution in [1.82, 2.24) is 19.9 Å². The number of aromatic amines is 2. The van der Waals surface area contributed by atoms with Gasteiger partial charge in [-0.1, -0.05) is 18.2 Å². The molecular weight excluding hydrogens is 467 g/mol. The van der Waals surface area contributed by atoms with Gasteiger partial charge in [0.15, 0.2) is 0 Å². The Labute approximate surface area is 206 Å². The minimum Gasteiger partial charge on any atom is -0.478 e. The summed E-state index contributed by atoms with van der Waals surface area (Å²) in [6, 6.07) is 24.7. The van der Waals surface area contributed by atoms with Crippen molar-refractivity contribution in [2.45, 2.75) is 0 Å². The molecule has 34 heavy (non-hydrogen) atoms. The molecule has 0 aliphatic carbocycles. The van der Waals surface area contributed by atoms with E-state index >= 15 is 0 Å². The minimum absolute atomic E-state index is 0. The van der Waals surface area contributed by atoms with Crippen molar-refractivity contribution >= 4 is 52.3 Å². The first-order valence-electron chi connectivity index (χ1n) is 10.4. The summed E-state index contributed by atoms with van der Waals surface area (Å²) in [5, 5.41) is 8.38. The standard InChI is InChI=1S/C20H14N4.C7H6O2.Mn/c1-2-14-10-16-5-6-18(23-16)12-20-8-7-19(24-20)11-17-4-3-15(22-17)9-13(1)21-14;8-7(9)6-4-2-1-3-5-6;/h1-12,21,24H;1-5H,(H,8,9);. The van der Waals surface area contributed by atoms with Gasteiger partial charge in [0.2, 0.25) is 0 Å². The van der Waals surface area contributed by atoms with Crippen LogP contribution in [0.15, 0.2) is 78.9 Å². The van der Waals surface area contributed by atoms with Crippen LogP contribution in [0.1, 0.15) is 33.1 Å². The van der Waals surface area contributed by atoms with E-state index in [9.17, 15) is 4.79 Å². The molecule has 5 heterocycles. The van der Waals surface area contributed by atoms with Crippen molar-refractivity contribution < 1.29 is 27.0 Å². The zero-order valence-corrected chi connectivity index (χ0v) is 19.1. The van der Waals surface area contributed by atoms with Crippen LogP contribution in [0.25, 0.3) is 46.4 Å². The van der Waals surface area contributed by atoms with Gasteiger partial charge in [-0.25, -0.2) is 14.8 Å². The van der Waals surface area contributed by atoms with Gasteiger partial charge in [-0.05, 0) is 85.0 Å². The molecule has 7 heteroatoms. The summed E-state index contributed by atoms with van der Waals surface area (Å²) in [4.78, 5) is 26.2. The van der Waals surface area contributed by atoms with Gasteiger partial charge in [-0.15, -0.1) is 0 Å². The number of aromatic nitrogens is 4. The molecule has 4 aromatic rings. The molecule has 0 atom stereocenters. The third-order valence-electron chi connectivity index (χ3n) is 5.06. The summed E-state index contributed by atoms with van der Waals surface area (Å²) in [7, 11) is 0. The third kappa shape index (κ3) is 5.59. The van der Waals surface area contributed by atoms with E-state index in [-0.39, 0.29) is 17.1 Å². The predicted molar refractivity (Wildman–Crippen MR) is 132 cm³/mol. The normalized spacial score (nSPS) is 11.3. The van der Waals surface area contributed by atoms with Crippen LogP contribution < -0.4 is 0 Å². The van der Waals surface area contributed by atoms with Crippen molar-refractivity contribution in [1.29, 1.82) is 0 Å².